The first-order valence-electron chi connectivity index (χ1n) is 6.03. The molecule has 3 rings (SSSR count). The number of carbonyl (C=O) groups is 1. The van der Waals surface area contributed by atoms with Crippen LogP contribution >= 0.6 is 0 Å². The number of fused-ring (bicyclic) bond motifs is 1. The Kier molecular flexibility index (Phi) is 2.74. The van der Waals surface area contributed by atoms with Crippen LogP contribution in [0.25, 0.3) is 11.4 Å². The van der Waals surface area contributed by atoms with Crippen molar-refractivity contribution in [3.63, 3.8) is 0 Å². The zero-order valence-electron chi connectivity index (χ0n) is 10.1. The number of nitrogens with zero attached hydrogens (tertiary/aromatic N) is 2. The first kappa shape index (κ1) is 11.8. The van der Waals surface area contributed by atoms with Crippen molar-refractivity contribution in [3.8, 4) is 17.1 Å². The minimum atomic E-state index is -0.713. The van der Waals surface area contributed by atoms with Gasteiger partial charge in [-0.2, -0.15) is 0 Å². The van der Waals surface area contributed by atoms with Gasteiger partial charge in [0.1, 0.15) is 0 Å². The first-order chi connectivity index (χ1) is 9.15. The van der Waals surface area contributed by atoms with E-state index in [0.717, 1.165) is 18.5 Å². The molecule has 0 bridgehead atoms. The van der Waals surface area contributed by atoms with Gasteiger partial charge in [-0.1, -0.05) is 0 Å². The Morgan fingerprint density at radius 3 is 2.89 bits per heavy atom. The number of aryl methyl sites for hydroxylation is 1. The number of benzene rings is 1. The molecule has 0 aliphatic heterocycles. The zero-order chi connectivity index (χ0) is 13.4. The van der Waals surface area contributed by atoms with E-state index in [-0.39, 0.29) is 5.78 Å². The molecule has 0 spiro atoms. The largest absolute Gasteiger partial charge is 0.505 e. The molecule has 1 aromatic carbocycles. The van der Waals surface area contributed by atoms with Crippen LogP contribution in [0, 0.1) is 5.82 Å². The van der Waals surface area contributed by atoms with E-state index in [2.05, 4.69) is 9.97 Å². The molecule has 1 aromatic heterocycles. The number of phenolic OH excluding ortho intramolecular Hbond substituents is 1. The summed E-state index contributed by atoms with van der Waals surface area (Å²) in [5, 5.41) is 9.16. The maximum absolute atomic E-state index is 13.3. The van der Waals surface area contributed by atoms with Crippen molar-refractivity contribution in [3.05, 3.63) is 41.5 Å². The predicted octanol–water partition coefficient (Wildman–Crippen LogP) is 2.51. The van der Waals surface area contributed by atoms with Crippen LogP contribution in [-0.4, -0.2) is 20.9 Å². The molecule has 1 N–H and O–H groups in total. The maximum atomic E-state index is 13.3. The predicted molar refractivity (Wildman–Crippen MR) is 66.4 cm³/mol. The number of aromatic nitrogens is 2. The standard InChI is InChI=1S/C14H11FN2O2/c15-10-6-8(4-5-13(10)19)14-16-7-9-11(17-14)2-1-3-12(9)18/h4-7,19H,1-3H2. The first-order valence-corrected chi connectivity index (χ1v) is 6.03. The molecule has 0 atom stereocenters. The smallest absolute Gasteiger partial charge is 0.166 e. The summed E-state index contributed by atoms with van der Waals surface area (Å²) in [5.74, 6) is -0.691. The Bertz CT molecular complexity index is 670. The lowest BCUT2D eigenvalue weighted by atomic mass is 9.96. The molecule has 1 heterocycles. The Morgan fingerprint density at radius 2 is 2.11 bits per heavy atom. The molecule has 19 heavy (non-hydrogen) atoms. The van der Waals surface area contributed by atoms with Gasteiger partial charge >= 0.3 is 0 Å². The average Bonchev–Trinajstić information content (AvgIpc) is 2.42. The van der Waals surface area contributed by atoms with Crippen LogP contribution in [0.1, 0.15) is 28.9 Å². The molecule has 96 valence electrons. The lowest BCUT2D eigenvalue weighted by Gasteiger charge is -2.13. The van der Waals surface area contributed by atoms with E-state index in [1.807, 2.05) is 0 Å². The van der Waals surface area contributed by atoms with Crippen molar-refractivity contribution in [2.75, 3.05) is 0 Å². The summed E-state index contributed by atoms with van der Waals surface area (Å²) >= 11 is 0. The van der Waals surface area contributed by atoms with Crippen molar-refractivity contribution in [1.29, 1.82) is 0 Å². The Morgan fingerprint density at radius 1 is 1.26 bits per heavy atom. The number of hydrogen-bond acceptors (Lipinski definition) is 4. The highest BCUT2D eigenvalue weighted by molar-refractivity contribution is 5.97. The van der Waals surface area contributed by atoms with Gasteiger partial charge in [-0.25, -0.2) is 14.4 Å². The van der Waals surface area contributed by atoms with Gasteiger partial charge in [-0.3, -0.25) is 4.79 Å². The second-order valence-corrected chi connectivity index (χ2v) is 4.50. The van der Waals surface area contributed by atoms with Crippen LogP contribution in [0.3, 0.4) is 0 Å². The molecule has 2 aromatic rings. The molecule has 0 unspecified atom stereocenters. The van der Waals surface area contributed by atoms with Crippen LogP contribution in [0.15, 0.2) is 24.4 Å². The molecule has 0 amide bonds. The Labute approximate surface area is 109 Å². The van der Waals surface area contributed by atoms with Gasteiger partial charge in [-0.15, -0.1) is 0 Å². The number of ketones is 1. The lowest BCUT2D eigenvalue weighted by Crippen LogP contribution is -2.13. The third-order valence-electron chi connectivity index (χ3n) is 3.19. The number of carbonyl (C=O) groups excluding carboxylic acids is 1. The summed E-state index contributed by atoms with van der Waals surface area (Å²) in [7, 11) is 0. The fourth-order valence-corrected chi connectivity index (χ4v) is 2.18. The van der Waals surface area contributed by atoms with Gasteiger partial charge < -0.3 is 5.11 Å². The SMILES string of the molecule is O=C1CCCc2nc(-c3ccc(O)c(F)c3)ncc21. The summed E-state index contributed by atoms with van der Waals surface area (Å²) in [5.41, 5.74) is 1.76. The monoisotopic (exact) mass is 258 g/mol. The third-order valence-corrected chi connectivity index (χ3v) is 3.19. The average molecular weight is 258 g/mol. The number of phenols is 1. The molecule has 0 fully saturated rings. The van der Waals surface area contributed by atoms with Crippen molar-refractivity contribution in [2.24, 2.45) is 0 Å². The van der Waals surface area contributed by atoms with Gasteiger partial charge in [0.05, 0.1) is 11.3 Å². The summed E-state index contributed by atoms with van der Waals surface area (Å²) in [6.07, 6.45) is 3.55. The number of hydrogen-bond donors (Lipinski definition) is 1. The molecule has 0 saturated carbocycles. The van der Waals surface area contributed by atoms with Gasteiger partial charge in [0.2, 0.25) is 0 Å². The van der Waals surface area contributed by atoms with Gasteiger partial charge in [0, 0.05) is 18.2 Å². The highest BCUT2D eigenvalue weighted by Crippen LogP contribution is 2.25. The second-order valence-electron chi connectivity index (χ2n) is 4.50. The Hall–Kier alpha value is -2.30. The van der Waals surface area contributed by atoms with Crippen molar-refractivity contribution in [1.82, 2.24) is 9.97 Å². The summed E-state index contributed by atoms with van der Waals surface area (Å²) in [6, 6.07) is 3.99. The number of aromatic hydroxyl groups is 1. The normalized spacial score (nSPS) is 14.3. The molecule has 0 radical (unpaired) electrons. The van der Waals surface area contributed by atoms with Crippen LogP contribution < -0.4 is 0 Å². The topological polar surface area (TPSA) is 63.1 Å². The molecule has 1 aliphatic rings. The van der Waals surface area contributed by atoms with Crippen molar-refractivity contribution < 1.29 is 14.3 Å². The van der Waals surface area contributed by atoms with Crippen molar-refractivity contribution in [2.45, 2.75) is 19.3 Å². The number of halogens is 1. The van der Waals surface area contributed by atoms with Crippen molar-refractivity contribution >= 4 is 5.78 Å². The summed E-state index contributed by atoms with van der Waals surface area (Å²) < 4.78 is 13.3. The van der Waals surface area contributed by atoms with Crippen LogP contribution in [-0.2, 0) is 6.42 Å². The van der Waals surface area contributed by atoms with Crippen LogP contribution in [0.4, 0.5) is 4.39 Å². The van der Waals surface area contributed by atoms with Gasteiger partial charge in [-0.05, 0) is 31.0 Å². The molecular formula is C14H11FN2O2. The fraction of sp³-hybridized carbons (Fsp3) is 0.214. The van der Waals surface area contributed by atoms with Gasteiger partial charge in [0.15, 0.2) is 23.2 Å². The number of rotatable bonds is 1. The van der Waals surface area contributed by atoms with E-state index in [9.17, 15) is 9.18 Å². The highest BCUT2D eigenvalue weighted by atomic mass is 19.1. The van der Waals surface area contributed by atoms with E-state index in [1.54, 1.807) is 6.07 Å². The van der Waals surface area contributed by atoms with E-state index in [4.69, 9.17) is 5.11 Å². The molecule has 0 saturated heterocycles. The minimum Gasteiger partial charge on any atom is -0.505 e. The number of Topliss-reactive ketones (excluding diaryl/α,β-unsaturated/α-hetero) is 1. The van der Waals surface area contributed by atoms with Gasteiger partial charge in [0.25, 0.3) is 0 Å². The second kappa shape index (κ2) is 4.42. The quantitative estimate of drug-likeness (QED) is 0.853. The third kappa shape index (κ3) is 2.07. The molecular weight excluding hydrogens is 247 g/mol. The van der Waals surface area contributed by atoms with E-state index < -0.39 is 11.6 Å². The summed E-state index contributed by atoms with van der Waals surface area (Å²) in [4.78, 5) is 20.1. The van der Waals surface area contributed by atoms with E-state index >= 15 is 0 Å². The van der Waals surface area contributed by atoms with Crippen LogP contribution in [0.5, 0.6) is 5.75 Å². The molecule has 1 aliphatic carbocycles. The Balaban J connectivity index is 2.06. The van der Waals surface area contributed by atoms with E-state index in [1.165, 1.54) is 18.3 Å². The lowest BCUT2D eigenvalue weighted by molar-refractivity contribution is 0.0971. The zero-order valence-corrected chi connectivity index (χ0v) is 10.1. The fourth-order valence-electron chi connectivity index (χ4n) is 2.18. The summed E-state index contributed by atoms with van der Waals surface area (Å²) in [6.45, 7) is 0. The maximum Gasteiger partial charge on any atom is 0.166 e. The van der Waals surface area contributed by atoms with E-state index in [0.29, 0.717) is 23.4 Å². The molecule has 4 nitrogen and oxygen atoms in total. The van der Waals surface area contributed by atoms with Crippen LogP contribution in [0.2, 0.25) is 0 Å². The highest BCUT2D eigenvalue weighted by Gasteiger charge is 2.19. The minimum absolute atomic E-state index is 0.0599. The molecule has 5 heteroatoms.